The summed E-state index contributed by atoms with van der Waals surface area (Å²) in [5.41, 5.74) is 3.38. The summed E-state index contributed by atoms with van der Waals surface area (Å²) in [6.07, 6.45) is 4.20. The Morgan fingerprint density at radius 1 is 1.42 bits per heavy atom. The Labute approximate surface area is 145 Å². The summed E-state index contributed by atoms with van der Waals surface area (Å²) in [5.74, 6) is 0.307. The van der Waals surface area contributed by atoms with Gasteiger partial charge in [0.1, 0.15) is 0 Å². The standard InChI is InChI=1S/C18H32N4O2/c1-4-5-8-19-18(24)16-7-6-9-21(12-16)13-17-14(2)20-22(10-11-23)15(17)3/h16,23H,4-13H2,1-3H3,(H,19,24). The third-order valence-corrected chi connectivity index (χ3v) is 4.93. The van der Waals surface area contributed by atoms with Gasteiger partial charge in [0.25, 0.3) is 0 Å². The molecule has 136 valence electrons. The molecule has 1 aliphatic heterocycles. The number of hydrogen-bond acceptors (Lipinski definition) is 4. The van der Waals surface area contributed by atoms with Crippen LogP contribution in [0.4, 0.5) is 0 Å². The SMILES string of the molecule is CCCCNC(=O)C1CCCN(Cc2c(C)nn(CCO)c2C)C1. The molecule has 1 fully saturated rings. The molecule has 1 unspecified atom stereocenters. The molecule has 24 heavy (non-hydrogen) atoms. The van der Waals surface area contributed by atoms with E-state index >= 15 is 0 Å². The quantitative estimate of drug-likeness (QED) is 0.708. The van der Waals surface area contributed by atoms with E-state index in [-0.39, 0.29) is 18.4 Å². The molecule has 1 saturated heterocycles. The number of carbonyl (C=O) groups is 1. The van der Waals surface area contributed by atoms with Crippen LogP contribution in [-0.2, 0) is 17.9 Å². The van der Waals surface area contributed by atoms with Gasteiger partial charge < -0.3 is 10.4 Å². The Kier molecular flexibility index (Phi) is 7.24. The predicted octanol–water partition coefficient (Wildman–Crippen LogP) is 1.62. The van der Waals surface area contributed by atoms with Gasteiger partial charge in [-0.05, 0) is 39.7 Å². The number of likely N-dealkylation sites (tertiary alicyclic amines) is 1. The fourth-order valence-electron chi connectivity index (χ4n) is 3.44. The number of carbonyl (C=O) groups excluding carboxylic acids is 1. The lowest BCUT2D eigenvalue weighted by atomic mass is 9.96. The smallest absolute Gasteiger partial charge is 0.224 e. The first-order valence-corrected chi connectivity index (χ1v) is 9.20. The van der Waals surface area contributed by atoms with E-state index in [1.807, 2.05) is 11.6 Å². The number of aliphatic hydroxyl groups is 1. The fraction of sp³-hybridized carbons (Fsp3) is 0.778. The van der Waals surface area contributed by atoms with Crippen LogP contribution in [0.25, 0.3) is 0 Å². The maximum Gasteiger partial charge on any atom is 0.224 e. The maximum atomic E-state index is 12.3. The minimum Gasteiger partial charge on any atom is -0.394 e. The molecule has 2 N–H and O–H groups in total. The fourth-order valence-corrected chi connectivity index (χ4v) is 3.44. The van der Waals surface area contributed by atoms with Crippen molar-refractivity contribution in [3.63, 3.8) is 0 Å². The van der Waals surface area contributed by atoms with Crippen molar-refractivity contribution in [2.45, 2.75) is 59.5 Å². The van der Waals surface area contributed by atoms with Crippen molar-refractivity contribution in [1.29, 1.82) is 0 Å². The van der Waals surface area contributed by atoms with E-state index < -0.39 is 0 Å². The summed E-state index contributed by atoms with van der Waals surface area (Å²) in [6.45, 7) is 10.3. The monoisotopic (exact) mass is 336 g/mol. The second kappa shape index (κ2) is 9.18. The molecule has 1 aliphatic rings. The molecule has 1 aromatic heterocycles. The van der Waals surface area contributed by atoms with E-state index in [0.717, 1.165) is 63.3 Å². The highest BCUT2D eigenvalue weighted by molar-refractivity contribution is 5.78. The average Bonchev–Trinajstić information content (AvgIpc) is 2.83. The van der Waals surface area contributed by atoms with Gasteiger partial charge in [-0.3, -0.25) is 14.4 Å². The number of unbranched alkanes of at least 4 members (excludes halogenated alkanes) is 1. The van der Waals surface area contributed by atoms with Crippen molar-refractivity contribution >= 4 is 5.91 Å². The van der Waals surface area contributed by atoms with Gasteiger partial charge in [-0.15, -0.1) is 0 Å². The minimum absolute atomic E-state index is 0.101. The summed E-state index contributed by atoms with van der Waals surface area (Å²) < 4.78 is 1.88. The third-order valence-electron chi connectivity index (χ3n) is 4.93. The van der Waals surface area contributed by atoms with Crippen LogP contribution in [0.1, 0.15) is 49.6 Å². The number of amides is 1. The first-order valence-electron chi connectivity index (χ1n) is 9.20. The van der Waals surface area contributed by atoms with E-state index in [0.29, 0.717) is 6.54 Å². The third kappa shape index (κ3) is 4.80. The van der Waals surface area contributed by atoms with Crippen molar-refractivity contribution < 1.29 is 9.90 Å². The molecule has 0 radical (unpaired) electrons. The minimum atomic E-state index is 0.101. The second-order valence-corrected chi connectivity index (χ2v) is 6.81. The van der Waals surface area contributed by atoms with Crippen LogP contribution in [0.5, 0.6) is 0 Å². The zero-order valence-electron chi connectivity index (χ0n) is 15.3. The van der Waals surface area contributed by atoms with Gasteiger partial charge in [-0.25, -0.2) is 0 Å². The van der Waals surface area contributed by atoms with Gasteiger partial charge >= 0.3 is 0 Å². The molecule has 2 rings (SSSR count). The lowest BCUT2D eigenvalue weighted by Crippen LogP contribution is -2.43. The molecule has 0 spiro atoms. The Morgan fingerprint density at radius 2 is 2.21 bits per heavy atom. The van der Waals surface area contributed by atoms with E-state index in [9.17, 15) is 4.79 Å². The van der Waals surface area contributed by atoms with Gasteiger partial charge in [0, 0.05) is 30.9 Å². The summed E-state index contributed by atoms with van der Waals surface area (Å²) in [4.78, 5) is 14.7. The van der Waals surface area contributed by atoms with Gasteiger partial charge in [-0.2, -0.15) is 5.10 Å². The highest BCUT2D eigenvalue weighted by Crippen LogP contribution is 2.21. The molecular weight excluding hydrogens is 304 g/mol. The Morgan fingerprint density at radius 3 is 2.92 bits per heavy atom. The van der Waals surface area contributed by atoms with Crippen molar-refractivity contribution in [2.75, 3.05) is 26.2 Å². The maximum absolute atomic E-state index is 12.3. The Hall–Kier alpha value is -1.40. The molecule has 0 aliphatic carbocycles. The normalized spacial score (nSPS) is 18.8. The number of piperidine rings is 1. The molecule has 1 aromatic rings. The second-order valence-electron chi connectivity index (χ2n) is 6.81. The molecule has 0 aromatic carbocycles. The van der Waals surface area contributed by atoms with E-state index in [4.69, 9.17) is 5.11 Å². The summed E-state index contributed by atoms with van der Waals surface area (Å²) in [5, 5.41) is 16.7. The van der Waals surface area contributed by atoms with Gasteiger partial charge in [0.15, 0.2) is 0 Å². The first kappa shape index (κ1) is 18.9. The topological polar surface area (TPSA) is 70.4 Å². The van der Waals surface area contributed by atoms with Crippen LogP contribution in [0.3, 0.4) is 0 Å². The van der Waals surface area contributed by atoms with Crippen LogP contribution in [-0.4, -0.2) is 51.9 Å². The van der Waals surface area contributed by atoms with Crippen LogP contribution in [0.15, 0.2) is 0 Å². The summed E-state index contributed by atoms with van der Waals surface area (Å²) in [7, 11) is 0. The zero-order valence-corrected chi connectivity index (χ0v) is 15.3. The van der Waals surface area contributed by atoms with Crippen LogP contribution < -0.4 is 5.32 Å². The number of nitrogens with zero attached hydrogens (tertiary/aromatic N) is 3. The predicted molar refractivity (Wildman–Crippen MR) is 94.7 cm³/mol. The lowest BCUT2D eigenvalue weighted by Gasteiger charge is -2.32. The molecule has 1 amide bonds. The van der Waals surface area contributed by atoms with Gasteiger partial charge in [0.2, 0.25) is 5.91 Å². The zero-order chi connectivity index (χ0) is 17.5. The Balaban J connectivity index is 1.94. The van der Waals surface area contributed by atoms with Crippen LogP contribution in [0.2, 0.25) is 0 Å². The Bertz CT molecular complexity index is 541. The van der Waals surface area contributed by atoms with Gasteiger partial charge in [0.05, 0.1) is 24.8 Å². The molecule has 0 saturated carbocycles. The average molecular weight is 336 g/mol. The number of aromatic nitrogens is 2. The van der Waals surface area contributed by atoms with Gasteiger partial charge in [-0.1, -0.05) is 13.3 Å². The molecule has 2 heterocycles. The van der Waals surface area contributed by atoms with E-state index in [1.165, 1.54) is 5.56 Å². The largest absolute Gasteiger partial charge is 0.394 e. The first-order chi connectivity index (χ1) is 11.6. The number of nitrogens with one attached hydrogen (secondary N) is 1. The highest BCUT2D eigenvalue weighted by atomic mass is 16.3. The number of aliphatic hydroxyl groups excluding tert-OH is 1. The molecular formula is C18H32N4O2. The number of hydrogen-bond donors (Lipinski definition) is 2. The molecule has 6 nitrogen and oxygen atoms in total. The molecule has 0 bridgehead atoms. The number of aryl methyl sites for hydroxylation is 1. The van der Waals surface area contributed by atoms with E-state index in [1.54, 1.807) is 0 Å². The van der Waals surface area contributed by atoms with Crippen molar-refractivity contribution in [3.8, 4) is 0 Å². The van der Waals surface area contributed by atoms with Crippen LogP contribution in [0, 0.1) is 19.8 Å². The van der Waals surface area contributed by atoms with Crippen molar-refractivity contribution in [3.05, 3.63) is 17.0 Å². The summed E-state index contributed by atoms with van der Waals surface area (Å²) in [6, 6.07) is 0. The number of rotatable bonds is 8. The van der Waals surface area contributed by atoms with Crippen molar-refractivity contribution in [1.82, 2.24) is 20.0 Å². The van der Waals surface area contributed by atoms with E-state index in [2.05, 4.69) is 29.2 Å². The summed E-state index contributed by atoms with van der Waals surface area (Å²) >= 11 is 0. The molecule has 1 atom stereocenters. The van der Waals surface area contributed by atoms with Crippen molar-refractivity contribution in [2.24, 2.45) is 5.92 Å². The molecule has 6 heteroatoms. The van der Waals surface area contributed by atoms with Crippen LogP contribution >= 0.6 is 0 Å². The highest BCUT2D eigenvalue weighted by Gasteiger charge is 2.26. The lowest BCUT2D eigenvalue weighted by molar-refractivity contribution is -0.126.